The second-order valence-electron chi connectivity index (χ2n) is 15.4. The van der Waals surface area contributed by atoms with Crippen LogP contribution in [0.2, 0.25) is 0 Å². The molecule has 18 nitrogen and oxygen atoms in total. The van der Waals surface area contributed by atoms with Crippen molar-refractivity contribution < 1.29 is 39.5 Å². The molecule has 5 N–H and O–H groups in total. The van der Waals surface area contributed by atoms with Gasteiger partial charge in [-0.3, -0.25) is 18.7 Å². The molecular weight excluding hydrogens is 813 g/mol. The molecule has 1 amide bonds. The fourth-order valence-electron chi connectivity index (χ4n) is 8.41. The van der Waals surface area contributed by atoms with Gasteiger partial charge >= 0.3 is 18.0 Å². The summed E-state index contributed by atoms with van der Waals surface area (Å²) in [5, 5.41) is 41.0. The van der Waals surface area contributed by atoms with Crippen LogP contribution in [-0.4, -0.2) is 135 Å². The summed E-state index contributed by atoms with van der Waals surface area (Å²) in [5.41, 5.74) is 6.31. The number of aliphatic carboxylic acids is 2. The second-order valence-corrected chi connectivity index (χ2v) is 15.4. The number of aromatic nitrogens is 4. The largest absolute Gasteiger partial charge is 0.480 e. The Hall–Kier alpha value is -7.15. The minimum Gasteiger partial charge on any atom is -0.480 e. The van der Waals surface area contributed by atoms with Crippen molar-refractivity contribution in [3.8, 4) is 11.1 Å². The van der Waals surface area contributed by atoms with Crippen molar-refractivity contribution >= 4 is 51.2 Å². The average Bonchev–Trinajstić information content (AvgIpc) is 3.63. The average molecular weight is 859 g/mol. The van der Waals surface area contributed by atoms with Gasteiger partial charge in [-0.15, -0.1) is 0 Å². The van der Waals surface area contributed by atoms with Gasteiger partial charge in [0.1, 0.15) is 6.61 Å². The number of nitrogens with one attached hydrogen (secondary N) is 1. The number of nitrogens with zero attached hydrogens (tertiary/aromatic N) is 7. The van der Waals surface area contributed by atoms with Crippen LogP contribution >= 0.6 is 0 Å². The number of carboxylic acids is 2. The molecule has 18 heteroatoms. The van der Waals surface area contributed by atoms with Crippen molar-refractivity contribution in [2.45, 2.75) is 18.0 Å². The molecule has 326 valence electrons. The van der Waals surface area contributed by atoms with Crippen LogP contribution in [0.15, 0.2) is 107 Å². The monoisotopic (exact) mass is 858 g/mol. The fraction of sp³-hybridized carbons (Fsp3) is 0.311. The minimum atomic E-state index is -1.41. The predicted molar refractivity (Wildman–Crippen MR) is 233 cm³/mol. The van der Waals surface area contributed by atoms with Gasteiger partial charge in [0.05, 0.1) is 47.7 Å². The van der Waals surface area contributed by atoms with Crippen LogP contribution in [0.3, 0.4) is 0 Å². The minimum absolute atomic E-state index is 0.000506. The Morgan fingerprint density at radius 2 is 1.11 bits per heavy atom. The Kier molecular flexibility index (Phi) is 12.5. The van der Waals surface area contributed by atoms with E-state index in [9.17, 15) is 39.3 Å². The van der Waals surface area contributed by atoms with Crippen molar-refractivity contribution in [2.24, 2.45) is 0 Å². The van der Waals surface area contributed by atoms with Crippen LogP contribution in [0, 0.1) is 0 Å². The SMILES string of the molecule is O=C(O)C(CO)n1cnc2ccc(N3CCN(C(=O)OCC4c5ccccc5-c5ccccc54)CC3)cc2c1=O.O=C(O)C(CO)n1cnc2ccc(N3CCNCC3)cc2c1=O. The van der Waals surface area contributed by atoms with Gasteiger partial charge in [-0.1, -0.05) is 48.5 Å². The fourth-order valence-corrected chi connectivity index (χ4v) is 8.41. The highest BCUT2D eigenvalue weighted by Gasteiger charge is 2.31. The number of amides is 1. The van der Waals surface area contributed by atoms with Crippen LogP contribution in [0.5, 0.6) is 0 Å². The lowest BCUT2D eigenvalue weighted by atomic mass is 9.98. The molecule has 63 heavy (non-hydrogen) atoms. The third-order valence-corrected chi connectivity index (χ3v) is 11.8. The third kappa shape index (κ3) is 8.55. The summed E-state index contributed by atoms with van der Waals surface area (Å²) in [6.45, 7) is 4.30. The zero-order valence-electron chi connectivity index (χ0n) is 34.1. The summed E-state index contributed by atoms with van der Waals surface area (Å²) in [4.78, 5) is 75.4. The normalized spacial score (nSPS) is 15.9. The Balaban J connectivity index is 0.000000201. The summed E-state index contributed by atoms with van der Waals surface area (Å²) in [5.74, 6) is -2.58. The van der Waals surface area contributed by atoms with Crippen molar-refractivity contribution in [1.29, 1.82) is 0 Å². The number of anilines is 2. The number of ether oxygens (including phenoxy) is 1. The maximum atomic E-state index is 13.0. The maximum Gasteiger partial charge on any atom is 0.409 e. The number of aliphatic hydroxyl groups excluding tert-OH is 2. The summed E-state index contributed by atoms with van der Waals surface area (Å²) in [7, 11) is 0. The molecule has 0 bridgehead atoms. The molecule has 0 radical (unpaired) electrons. The Morgan fingerprint density at radius 3 is 1.57 bits per heavy atom. The Bertz CT molecular complexity index is 2750. The van der Waals surface area contributed by atoms with Crippen LogP contribution < -0.4 is 26.2 Å². The first-order valence-corrected chi connectivity index (χ1v) is 20.6. The lowest BCUT2D eigenvalue weighted by Crippen LogP contribution is -2.49. The van der Waals surface area contributed by atoms with Crippen LogP contribution in [0.4, 0.5) is 16.2 Å². The van der Waals surface area contributed by atoms with Gasteiger partial charge in [0.2, 0.25) is 0 Å². The molecule has 0 saturated carbocycles. The zero-order valence-corrected chi connectivity index (χ0v) is 34.1. The summed E-state index contributed by atoms with van der Waals surface area (Å²) in [6.07, 6.45) is 1.97. The number of hydrogen-bond acceptors (Lipinski definition) is 13. The van der Waals surface area contributed by atoms with Crippen LogP contribution in [0.1, 0.15) is 29.1 Å². The van der Waals surface area contributed by atoms with E-state index in [0.717, 1.165) is 53.0 Å². The molecule has 3 aliphatic rings. The first-order valence-electron chi connectivity index (χ1n) is 20.6. The number of piperazine rings is 2. The van der Waals surface area contributed by atoms with Crippen molar-refractivity contribution in [3.05, 3.63) is 129 Å². The van der Waals surface area contributed by atoms with E-state index in [4.69, 9.17) is 9.84 Å². The molecule has 2 saturated heterocycles. The number of carbonyl (C=O) groups is 3. The van der Waals surface area contributed by atoms with E-state index in [0.29, 0.717) is 42.6 Å². The lowest BCUT2D eigenvalue weighted by Gasteiger charge is -2.35. The van der Waals surface area contributed by atoms with Crippen molar-refractivity contribution in [2.75, 3.05) is 82.0 Å². The topological polar surface area (TPSA) is 233 Å². The molecule has 2 aliphatic heterocycles. The molecule has 6 aromatic rings. The van der Waals surface area contributed by atoms with E-state index >= 15 is 0 Å². The van der Waals surface area contributed by atoms with E-state index in [1.54, 1.807) is 29.2 Å². The van der Waals surface area contributed by atoms with Crippen molar-refractivity contribution in [3.63, 3.8) is 0 Å². The molecular formula is C45H46N8O10. The number of rotatable bonds is 10. The van der Waals surface area contributed by atoms with Crippen LogP contribution in [0.25, 0.3) is 32.9 Å². The number of hydrogen-bond donors (Lipinski definition) is 5. The van der Waals surface area contributed by atoms with Gasteiger partial charge in [0.25, 0.3) is 11.1 Å². The predicted octanol–water partition coefficient (Wildman–Crippen LogP) is 2.51. The summed E-state index contributed by atoms with van der Waals surface area (Å²) >= 11 is 0. The van der Waals surface area contributed by atoms with E-state index < -0.39 is 48.4 Å². The second kappa shape index (κ2) is 18.4. The highest BCUT2D eigenvalue weighted by molar-refractivity contribution is 5.84. The zero-order chi connectivity index (χ0) is 44.2. The molecule has 4 aromatic carbocycles. The van der Waals surface area contributed by atoms with Gasteiger partial charge < -0.3 is 45.2 Å². The quantitative estimate of drug-likeness (QED) is 0.133. The van der Waals surface area contributed by atoms with Gasteiger partial charge in [-0.2, -0.15) is 0 Å². The maximum absolute atomic E-state index is 13.0. The first kappa shape index (κ1) is 42.5. The number of aliphatic hydroxyl groups is 2. The third-order valence-electron chi connectivity index (χ3n) is 11.8. The smallest absolute Gasteiger partial charge is 0.409 e. The molecule has 0 spiro atoms. The van der Waals surface area contributed by atoms with E-state index in [2.05, 4.69) is 49.4 Å². The molecule has 1 aliphatic carbocycles. The first-order chi connectivity index (χ1) is 30.6. The number of carboxylic acid groups (broad SMARTS) is 2. The highest BCUT2D eigenvalue weighted by atomic mass is 16.6. The molecule has 2 aromatic heterocycles. The van der Waals surface area contributed by atoms with Crippen molar-refractivity contribution in [1.82, 2.24) is 29.3 Å². The molecule has 2 fully saturated rings. The standard InChI is InChI=1S/C30H28N4O6.C15H18N4O4/c35-16-27(29(37)38)34-18-31-26-10-9-19(15-24(26)28(34)36)32-11-13-33(14-12-32)30(39)40-17-25-22-7-3-1-5-20(22)21-6-2-4-8-23(21)25;20-8-13(15(22)23)19-9-17-12-2-1-10(7-11(12)14(19)21)18-5-3-16-4-6-18/h1-10,15,18,25,27,35H,11-14,16-17H2,(H,37,38);1-2,7,9,13,16,20H,3-6,8H2,(H,22,23). The molecule has 9 rings (SSSR count). The van der Waals surface area contributed by atoms with Gasteiger partial charge in [-0.25, -0.2) is 24.4 Å². The Morgan fingerprint density at radius 1 is 0.651 bits per heavy atom. The van der Waals surface area contributed by atoms with Gasteiger partial charge in [0.15, 0.2) is 12.1 Å². The Labute approximate surface area is 359 Å². The van der Waals surface area contributed by atoms with Gasteiger partial charge in [0, 0.05) is 69.7 Å². The van der Waals surface area contributed by atoms with E-state index in [1.807, 2.05) is 36.4 Å². The van der Waals surface area contributed by atoms with E-state index in [-0.39, 0.29) is 24.0 Å². The highest BCUT2D eigenvalue weighted by Crippen LogP contribution is 2.44. The summed E-state index contributed by atoms with van der Waals surface area (Å²) in [6, 6.07) is 24.3. The lowest BCUT2D eigenvalue weighted by molar-refractivity contribution is -0.143. The number of fused-ring (bicyclic) bond motifs is 5. The van der Waals surface area contributed by atoms with Gasteiger partial charge in [-0.05, 0) is 58.7 Å². The van der Waals surface area contributed by atoms with E-state index in [1.165, 1.54) is 28.6 Å². The molecule has 2 unspecified atom stereocenters. The molecule has 4 heterocycles. The molecule has 2 atom stereocenters. The van der Waals surface area contributed by atoms with Crippen LogP contribution in [-0.2, 0) is 14.3 Å². The number of carbonyl (C=O) groups excluding carboxylic acids is 1. The number of benzene rings is 4. The summed E-state index contributed by atoms with van der Waals surface area (Å²) < 4.78 is 7.71.